The summed E-state index contributed by atoms with van der Waals surface area (Å²) in [7, 11) is 1.99. The fraction of sp³-hybridized carbons (Fsp3) is 0.350. The van der Waals surface area contributed by atoms with Crippen LogP contribution in [0.15, 0.2) is 42.5 Å². The van der Waals surface area contributed by atoms with E-state index >= 15 is 0 Å². The minimum absolute atomic E-state index is 0.439. The van der Waals surface area contributed by atoms with E-state index in [-0.39, 0.29) is 0 Å². The molecule has 0 unspecified atom stereocenters. The number of ether oxygens (including phenoxy) is 2. The number of rotatable bonds is 3. The first-order valence-corrected chi connectivity index (χ1v) is 8.59. The van der Waals surface area contributed by atoms with Crippen molar-refractivity contribution >= 4 is 11.0 Å². The maximum absolute atomic E-state index is 10.9. The van der Waals surface area contributed by atoms with Crippen molar-refractivity contribution in [2.75, 3.05) is 6.61 Å². The lowest BCUT2D eigenvalue weighted by molar-refractivity contribution is -0.0985. The number of aliphatic hydroxyl groups is 1. The maximum atomic E-state index is 10.9. The Kier molecular flexibility index (Phi) is 3.98. The van der Waals surface area contributed by atoms with Crippen LogP contribution >= 0.6 is 0 Å². The fourth-order valence-electron chi connectivity index (χ4n) is 3.53. The molecule has 5 nitrogen and oxygen atoms in total. The van der Waals surface area contributed by atoms with Gasteiger partial charge in [-0.3, -0.25) is 0 Å². The predicted octanol–water partition coefficient (Wildman–Crippen LogP) is 3.45. The molecule has 3 aromatic rings. The summed E-state index contributed by atoms with van der Waals surface area (Å²) < 4.78 is 14.2. The lowest BCUT2D eigenvalue weighted by Crippen LogP contribution is -2.36. The zero-order valence-corrected chi connectivity index (χ0v) is 14.6. The second-order valence-corrected chi connectivity index (χ2v) is 6.39. The average Bonchev–Trinajstić information content (AvgIpc) is 2.92. The second kappa shape index (κ2) is 6.17. The van der Waals surface area contributed by atoms with Crippen molar-refractivity contribution in [3.63, 3.8) is 0 Å². The van der Waals surface area contributed by atoms with Crippen LogP contribution in [0, 0.1) is 6.92 Å². The quantitative estimate of drug-likeness (QED) is 0.795. The highest BCUT2D eigenvalue weighted by Gasteiger charge is 2.40. The van der Waals surface area contributed by atoms with Gasteiger partial charge in [0.25, 0.3) is 0 Å². The van der Waals surface area contributed by atoms with Crippen LogP contribution in [0.3, 0.4) is 0 Å². The third-order valence-corrected chi connectivity index (χ3v) is 4.91. The Hall–Kier alpha value is -2.37. The Morgan fingerprint density at radius 3 is 2.68 bits per heavy atom. The third-order valence-electron chi connectivity index (χ3n) is 4.91. The SMILES string of the molecule is CCO[C@@H]1c2ccc3c(nc(C)n3C)c2O[C@H](c2ccccc2)[C@H]1O. The summed E-state index contributed by atoms with van der Waals surface area (Å²) >= 11 is 0. The van der Waals surface area contributed by atoms with Crippen molar-refractivity contribution in [1.29, 1.82) is 0 Å². The van der Waals surface area contributed by atoms with Gasteiger partial charge < -0.3 is 19.1 Å². The molecule has 0 fully saturated rings. The highest BCUT2D eigenvalue weighted by atomic mass is 16.5. The highest BCUT2D eigenvalue weighted by Crippen LogP contribution is 2.45. The number of aryl methyl sites for hydroxylation is 2. The summed E-state index contributed by atoms with van der Waals surface area (Å²) in [5.74, 6) is 1.63. The summed E-state index contributed by atoms with van der Waals surface area (Å²) in [5, 5.41) is 10.9. The van der Waals surface area contributed by atoms with Crippen LogP contribution in [-0.4, -0.2) is 27.4 Å². The van der Waals surface area contributed by atoms with Gasteiger partial charge in [-0.25, -0.2) is 4.98 Å². The molecule has 1 aliphatic heterocycles. The van der Waals surface area contributed by atoms with Crippen LogP contribution in [0.4, 0.5) is 0 Å². The van der Waals surface area contributed by atoms with Gasteiger partial charge in [-0.1, -0.05) is 36.4 Å². The van der Waals surface area contributed by atoms with Crippen LogP contribution in [0.5, 0.6) is 5.75 Å². The molecule has 0 saturated carbocycles. The average molecular weight is 338 g/mol. The molecule has 1 aliphatic rings. The topological polar surface area (TPSA) is 56.5 Å². The molecule has 4 rings (SSSR count). The molecular formula is C20H22N2O3. The van der Waals surface area contributed by atoms with Gasteiger partial charge in [-0.05, 0) is 25.5 Å². The smallest absolute Gasteiger partial charge is 0.154 e. The van der Waals surface area contributed by atoms with Crippen molar-refractivity contribution in [3.8, 4) is 5.75 Å². The van der Waals surface area contributed by atoms with Crippen molar-refractivity contribution in [2.45, 2.75) is 32.2 Å². The normalized spacial score (nSPS) is 22.6. The van der Waals surface area contributed by atoms with E-state index in [0.717, 1.165) is 28.0 Å². The Morgan fingerprint density at radius 2 is 1.96 bits per heavy atom. The Labute approximate surface area is 146 Å². The molecule has 0 saturated heterocycles. The molecule has 2 heterocycles. The van der Waals surface area contributed by atoms with E-state index in [1.807, 2.05) is 67.9 Å². The van der Waals surface area contributed by atoms with Gasteiger partial charge in [0.2, 0.25) is 0 Å². The summed E-state index contributed by atoms with van der Waals surface area (Å²) in [6, 6.07) is 13.8. The van der Waals surface area contributed by atoms with Crippen LogP contribution in [0.2, 0.25) is 0 Å². The lowest BCUT2D eigenvalue weighted by Gasteiger charge is -2.36. The molecule has 1 aromatic heterocycles. The van der Waals surface area contributed by atoms with Crippen LogP contribution < -0.4 is 4.74 Å². The van der Waals surface area contributed by atoms with E-state index in [1.54, 1.807) is 0 Å². The van der Waals surface area contributed by atoms with E-state index < -0.39 is 18.3 Å². The summed E-state index contributed by atoms with van der Waals surface area (Å²) in [5.41, 5.74) is 3.60. The number of fused-ring (bicyclic) bond motifs is 3. The van der Waals surface area contributed by atoms with Gasteiger partial charge in [-0.15, -0.1) is 0 Å². The van der Waals surface area contributed by atoms with Gasteiger partial charge in [0.05, 0.1) is 5.52 Å². The molecule has 3 atom stereocenters. The molecular weight excluding hydrogens is 316 g/mol. The van der Waals surface area contributed by atoms with Gasteiger partial charge in [0.1, 0.15) is 23.5 Å². The van der Waals surface area contributed by atoms with Crippen molar-refractivity contribution in [2.24, 2.45) is 7.05 Å². The molecule has 2 aromatic carbocycles. The second-order valence-electron chi connectivity index (χ2n) is 6.39. The number of hydrogen-bond acceptors (Lipinski definition) is 4. The Balaban J connectivity index is 1.90. The van der Waals surface area contributed by atoms with Crippen molar-refractivity contribution in [1.82, 2.24) is 9.55 Å². The molecule has 0 aliphatic carbocycles. The fourth-order valence-corrected chi connectivity index (χ4v) is 3.53. The number of aromatic nitrogens is 2. The third kappa shape index (κ3) is 2.51. The van der Waals surface area contributed by atoms with Crippen molar-refractivity contribution in [3.05, 3.63) is 59.4 Å². The number of nitrogens with zero attached hydrogens (tertiary/aromatic N) is 2. The molecule has 1 N–H and O–H groups in total. The molecule has 0 radical (unpaired) electrons. The lowest BCUT2D eigenvalue weighted by atomic mass is 9.91. The molecule has 0 bridgehead atoms. The number of aliphatic hydroxyl groups excluding tert-OH is 1. The number of hydrogen-bond donors (Lipinski definition) is 1. The van der Waals surface area contributed by atoms with Crippen LogP contribution in [0.25, 0.3) is 11.0 Å². The van der Waals surface area contributed by atoms with E-state index in [1.165, 1.54) is 0 Å². The van der Waals surface area contributed by atoms with Crippen LogP contribution in [0.1, 0.15) is 36.1 Å². The summed E-state index contributed by atoms with van der Waals surface area (Å²) in [6.45, 7) is 4.42. The maximum Gasteiger partial charge on any atom is 0.154 e. The van der Waals surface area contributed by atoms with Crippen LogP contribution in [-0.2, 0) is 11.8 Å². The van der Waals surface area contributed by atoms with Gasteiger partial charge in [-0.2, -0.15) is 0 Å². The molecule has 130 valence electrons. The monoisotopic (exact) mass is 338 g/mol. The van der Waals surface area contributed by atoms with Gasteiger partial charge in [0, 0.05) is 19.2 Å². The molecule has 0 amide bonds. The first-order chi connectivity index (χ1) is 12.1. The number of imidazole rings is 1. The minimum Gasteiger partial charge on any atom is -0.480 e. The highest BCUT2D eigenvalue weighted by molar-refractivity contribution is 5.84. The van der Waals surface area contributed by atoms with Crippen molar-refractivity contribution < 1.29 is 14.6 Å². The molecule has 5 heteroatoms. The Morgan fingerprint density at radius 1 is 1.20 bits per heavy atom. The van der Waals surface area contributed by atoms with E-state index in [4.69, 9.17) is 9.47 Å². The Bertz CT molecular complexity index is 904. The van der Waals surface area contributed by atoms with Gasteiger partial charge >= 0.3 is 0 Å². The van der Waals surface area contributed by atoms with E-state index in [2.05, 4.69) is 4.98 Å². The first kappa shape index (κ1) is 16.1. The largest absolute Gasteiger partial charge is 0.480 e. The van der Waals surface area contributed by atoms with E-state index in [0.29, 0.717) is 12.4 Å². The molecule has 0 spiro atoms. The first-order valence-electron chi connectivity index (χ1n) is 8.59. The zero-order valence-electron chi connectivity index (χ0n) is 14.6. The number of benzene rings is 2. The summed E-state index contributed by atoms with van der Waals surface area (Å²) in [4.78, 5) is 4.67. The zero-order chi connectivity index (χ0) is 17.6. The predicted molar refractivity (Wildman–Crippen MR) is 95.6 cm³/mol. The summed E-state index contributed by atoms with van der Waals surface area (Å²) in [6.07, 6.45) is -1.71. The molecule has 25 heavy (non-hydrogen) atoms. The standard InChI is InChI=1S/C20H22N2O3/c1-4-24-20-14-10-11-15-16(21-12(2)22(15)3)19(14)25-18(17(20)23)13-8-6-5-7-9-13/h5-11,17-18,20,23H,4H2,1-3H3/t17-,18-,20-/m1/s1. The van der Waals surface area contributed by atoms with Gasteiger partial charge in [0.15, 0.2) is 11.9 Å². The van der Waals surface area contributed by atoms with E-state index in [9.17, 15) is 5.11 Å². The minimum atomic E-state index is -0.780.